The molecule has 0 N–H and O–H groups in total. The minimum atomic E-state index is 0.0143. The highest BCUT2D eigenvalue weighted by Crippen LogP contribution is 2.24. The van der Waals surface area contributed by atoms with Gasteiger partial charge in [-0.1, -0.05) is 32.9 Å². The van der Waals surface area contributed by atoms with Crippen LogP contribution in [0.3, 0.4) is 0 Å². The van der Waals surface area contributed by atoms with Gasteiger partial charge in [-0.2, -0.15) is 4.98 Å². The molecule has 1 aromatic rings. The zero-order valence-electron chi connectivity index (χ0n) is 8.22. The standard InChI is InChI=1S/C9H16N2O/c1-5-7-10-8(12-11-7)9(3,4)6-2/h5-6H2,1-4H3. The summed E-state index contributed by atoms with van der Waals surface area (Å²) in [5.74, 6) is 1.55. The summed E-state index contributed by atoms with van der Waals surface area (Å²) >= 11 is 0. The van der Waals surface area contributed by atoms with Gasteiger partial charge in [0.25, 0.3) is 0 Å². The van der Waals surface area contributed by atoms with Gasteiger partial charge in [0.05, 0.1) is 0 Å². The van der Waals surface area contributed by atoms with Crippen LogP contribution in [-0.2, 0) is 11.8 Å². The molecule has 1 aromatic heterocycles. The maximum Gasteiger partial charge on any atom is 0.232 e. The van der Waals surface area contributed by atoms with Crippen LogP contribution < -0.4 is 0 Å². The molecular weight excluding hydrogens is 152 g/mol. The van der Waals surface area contributed by atoms with Gasteiger partial charge in [0.2, 0.25) is 5.89 Å². The van der Waals surface area contributed by atoms with E-state index in [0.29, 0.717) is 0 Å². The number of aryl methyl sites for hydroxylation is 1. The van der Waals surface area contributed by atoms with Crippen molar-refractivity contribution in [3.8, 4) is 0 Å². The molecule has 0 atom stereocenters. The largest absolute Gasteiger partial charge is 0.339 e. The van der Waals surface area contributed by atoms with Crippen LogP contribution in [0.2, 0.25) is 0 Å². The van der Waals surface area contributed by atoms with Crippen molar-refractivity contribution < 1.29 is 4.52 Å². The van der Waals surface area contributed by atoms with E-state index in [1.54, 1.807) is 0 Å². The summed E-state index contributed by atoms with van der Waals surface area (Å²) < 4.78 is 5.15. The van der Waals surface area contributed by atoms with Crippen molar-refractivity contribution in [3.05, 3.63) is 11.7 Å². The second-order valence-corrected chi connectivity index (χ2v) is 3.61. The van der Waals surface area contributed by atoms with Crippen molar-refractivity contribution in [2.24, 2.45) is 0 Å². The minimum Gasteiger partial charge on any atom is -0.339 e. The van der Waals surface area contributed by atoms with E-state index in [-0.39, 0.29) is 5.41 Å². The van der Waals surface area contributed by atoms with E-state index in [0.717, 1.165) is 24.6 Å². The fourth-order valence-electron chi connectivity index (χ4n) is 0.824. The molecular formula is C9H16N2O. The molecule has 0 aliphatic carbocycles. The monoisotopic (exact) mass is 168 g/mol. The summed E-state index contributed by atoms with van der Waals surface area (Å²) in [6.07, 6.45) is 1.85. The molecule has 0 fully saturated rings. The minimum absolute atomic E-state index is 0.0143. The highest BCUT2D eigenvalue weighted by molar-refractivity contribution is 4.99. The molecule has 0 radical (unpaired) electrons. The molecule has 0 bridgehead atoms. The van der Waals surface area contributed by atoms with Gasteiger partial charge < -0.3 is 4.52 Å². The van der Waals surface area contributed by atoms with Crippen molar-refractivity contribution in [2.75, 3.05) is 0 Å². The smallest absolute Gasteiger partial charge is 0.232 e. The quantitative estimate of drug-likeness (QED) is 0.695. The van der Waals surface area contributed by atoms with E-state index in [1.165, 1.54) is 0 Å². The zero-order valence-corrected chi connectivity index (χ0v) is 8.22. The SMILES string of the molecule is CCc1noc(C(C)(C)CC)n1. The van der Waals surface area contributed by atoms with E-state index < -0.39 is 0 Å². The molecule has 0 aromatic carbocycles. The van der Waals surface area contributed by atoms with Crippen molar-refractivity contribution in [1.82, 2.24) is 10.1 Å². The van der Waals surface area contributed by atoms with E-state index in [9.17, 15) is 0 Å². The Morgan fingerprint density at radius 3 is 2.42 bits per heavy atom. The lowest BCUT2D eigenvalue weighted by atomic mass is 9.90. The van der Waals surface area contributed by atoms with Crippen LogP contribution >= 0.6 is 0 Å². The van der Waals surface area contributed by atoms with Crippen LogP contribution in [0.25, 0.3) is 0 Å². The maximum atomic E-state index is 5.15. The predicted molar refractivity (Wildman–Crippen MR) is 47.0 cm³/mol. The Bertz CT molecular complexity index is 253. The van der Waals surface area contributed by atoms with Crippen molar-refractivity contribution in [1.29, 1.82) is 0 Å². The molecule has 1 heterocycles. The summed E-state index contributed by atoms with van der Waals surface area (Å²) in [5, 5.41) is 3.86. The summed E-state index contributed by atoms with van der Waals surface area (Å²) in [4.78, 5) is 4.29. The van der Waals surface area contributed by atoms with Crippen molar-refractivity contribution in [3.63, 3.8) is 0 Å². The molecule has 3 heteroatoms. The van der Waals surface area contributed by atoms with Crippen LogP contribution in [0.4, 0.5) is 0 Å². The van der Waals surface area contributed by atoms with E-state index in [4.69, 9.17) is 4.52 Å². The molecule has 1 rings (SSSR count). The first-order chi connectivity index (χ1) is 5.60. The summed E-state index contributed by atoms with van der Waals surface area (Å²) in [7, 11) is 0. The average molecular weight is 168 g/mol. The normalized spacial score (nSPS) is 12.0. The Morgan fingerprint density at radius 1 is 1.33 bits per heavy atom. The van der Waals surface area contributed by atoms with Crippen LogP contribution in [0, 0.1) is 0 Å². The molecule has 0 unspecified atom stereocenters. The van der Waals surface area contributed by atoms with E-state index in [2.05, 4.69) is 30.9 Å². The third-order valence-corrected chi connectivity index (χ3v) is 2.25. The molecule has 68 valence electrons. The zero-order chi connectivity index (χ0) is 9.19. The number of rotatable bonds is 3. The van der Waals surface area contributed by atoms with Crippen LogP contribution in [-0.4, -0.2) is 10.1 Å². The van der Waals surface area contributed by atoms with Gasteiger partial charge in [-0.3, -0.25) is 0 Å². The first-order valence-corrected chi connectivity index (χ1v) is 4.43. The van der Waals surface area contributed by atoms with Crippen molar-refractivity contribution in [2.45, 2.75) is 46.0 Å². The van der Waals surface area contributed by atoms with Crippen LogP contribution in [0.15, 0.2) is 4.52 Å². The first kappa shape index (κ1) is 9.23. The van der Waals surface area contributed by atoms with Gasteiger partial charge in [-0.05, 0) is 6.42 Å². The summed E-state index contributed by atoms with van der Waals surface area (Å²) in [5.41, 5.74) is 0.0143. The van der Waals surface area contributed by atoms with Gasteiger partial charge in [0, 0.05) is 11.8 Å². The lowest BCUT2D eigenvalue weighted by Gasteiger charge is -2.15. The third kappa shape index (κ3) is 1.65. The lowest BCUT2D eigenvalue weighted by molar-refractivity contribution is 0.300. The Labute approximate surface area is 73.2 Å². The highest BCUT2D eigenvalue weighted by Gasteiger charge is 2.24. The van der Waals surface area contributed by atoms with Crippen LogP contribution in [0.5, 0.6) is 0 Å². The Balaban J connectivity index is 2.88. The predicted octanol–water partition coefficient (Wildman–Crippen LogP) is 2.32. The Morgan fingerprint density at radius 2 is 2.00 bits per heavy atom. The Kier molecular flexibility index (Phi) is 2.50. The van der Waals surface area contributed by atoms with Gasteiger partial charge in [-0.25, -0.2) is 0 Å². The van der Waals surface area contributed by atoms with E-state index >= 15 is 0 Å². The summed E-state index contributed by atoms with van der Waals surface area (Å²) in [6, 6.07) is 0. The number of hydrogen-bond acceptors (Lipinski definition) is 3. The van der Waals surface area contributed by atoms with Gasteiger partial charge in [0.1, 0.15) is 0 Å². The molecule has 3 nitrogen and oxygen atoms in total. The van der Waals surface area contributed by atoms with Gasteiger partial charge >= 0.3 is 0 Å². The molecule has 0 saturated carbocycles. The molecule has 0 aliphatic rings. The number of aromatic nitrogens is 2. The van der Waals surface area contributed by atoms with Crippen molar-refractivity contribution >= 4 is 0 Å². The maximum absolute atomic E-state index is 5.15. The first-order valence-electron chi connectivity index (χ1n) is 4.43. The fourth-order valence-corrected chi connectivity index (χ4v) is 0.824. The molecule has 0 amide bonds. The Hall–Kier alpha value is -0.860. The lowest BCUT2D eigenvalue weighted by Crippen LogP contribution is -2.15. The molecule has 0 spiro atoms. The topological polar surface area (TPSA) is 38.9 Å². The summed E-state index contributed by atoms with van der Waals surface area (Å²) in [6.45, 7) is 8.36. The van der Waals surface area contributed by atoms with E-state index in [1.807, 2.05) is 6.92 Å². The second kappa shape index (κ2) is 3.25. The highest BCUT2D eigenvalue weighted by atomic mass is 16.5. The molecule has 12 heavy (non-hydrogen) atoms. The van der Waals surface area contributed by atoms with Gasteiger partial charge in [0.15, 0.2) is 5.82 Å². The number of nitrogens with zero attached hydrogens (tertiary/aromatic N) is 2. The number of hydrogen-bond donors (Lipinski definition) is 0. The molecule has 0 saturated heterocycles. The van der Waals surface area contributed by atoms with Crippen LogP contribution in [0.1, 0.15) is 45.8 Å². The third-order valence-electron chi connectivity index (χ3n) is 2.25. The molecule has 0 aliphatic heterocycles. The second-order valence-electron chi connectivity index (χ2n) is 3.61. The van der Waals surface area contributed by atoms with Gasteiger partial charge in [-0.15, -0.1) is 0 Å². The fraction of sp³-hybridized carbons (Fsp3) is 0.778. The average Bonchev–Trinajstić information content (AvgIpc) is 2.52.